The van der Waals surface area contributed by atoms with E-state index >= 15 is 0 Å². The van der Waals surface area contributed by atoms with Crippen molar-refractivity contribution >= 4 is 5.91 Å². The van der Waals surface area contributed by atoms with E-state index in [1.807, 2.05) is 33.8 Å². The van der Waals surface area contributed by atoms with E-state index in [2.05, 4.69) is 23.4 Å². The molecule has 1 saturated heterocycles. The molecule has 27 heavy (non-hydrogen) atoms. The Balaban J connectivity index is 1.31. The third kappa shape index (κ3) is 3.91. The lowest BCUT2D eigenvalue weighted by Gasteiger charge is -2.35. The Bertz CT molecular complexity index is 783. The van der Waals surface area contributed by atoms with Crippen molar-refractivity contribution in [2.45, 2.75) is 51.2 Å². The molecule has 1 aromatic heterocycles. The number of benzene rings is 1. The maximum absolute atomic E-state index is 12.8. The summed E-state index contributed by atoms with van der Waals surface area (Å²) in [6.07, 6.45) is 6.53. The Kier molecular flexibility index (Phi) is 5.27. The van der Waals surface area contributed by atoms with Gasteiger partial charge >= 0.3 is 0 Å². The van der Waals surface area contributed by atoms with Crippen LogP contribution in [0.25, 0.3) is 0 Å². The summed E-state index contributed by atoms with van der Waals surface area (Å²) in [4.78, 5) is 14.7. The smallest absolute Gasteiger partial charge is 0.267 e. The van der Waals surface area contributed by atoms with Gasteiger partial charge in [-0.3, -0.25) is 4.79 Å². The minimum Gasteiger partial charge on any atom is -0.485 e. The highest BCUT2D eigenvalue weighted by molar-refractivity contribution is 5.82. The minimum absolute atomic E-state index is 0.00479. The molecule has 1 amide bonds. The molecule has 4 rings (SSSR count). The fourth-order valence-electron chi connectivity index (χ4n) is 3.66. The van der Waals surface area contributed by atoms with Gasteiger partial charge in [-0.1, -0.05) is 30.7 Å². The van der Waals surface area contributed by atoms with E-state index in [1.165, 1.54) is 0 Å². The van der Waals surface area contributed by atoms with Crippen LogP contribution in [0.15, 0.2) is 30.5 Å². The van der Waals surface area contributed by atoms with Crippen molar-refractivity contribution in [1.82, 2.24) is 19.9 Å². The van der Waals surface area contributed by atoms with Gasteiger partial charge in [0, 0.05) is 19.3 Å². The Morgan fingerprint density at radius 3 is 2.78 bits per heavy atom. The Labute approximate surface area is 159 Å². The number of hydrogen-bond acceptors (Lipinski definition) is 5. The monoisotopic (exact) mass is 370 g/mol. The average molecular weight is 370 g/mol. The average Bonchev–Trinajstić information content (AvgIpc) is 3.20. The molecule has 3 heterocycles. The number of para-hydroxylation sites is 2. The van der Waals surface area contributed by atoms with E-state index in [0.717, 1.165) is 37.8 Å². The Morgan fingerprint density at radius 1 is 1.22 bits per heavy atom. The normalized spacial score (nSPS) is 19.9. The first kappa shape index (κ1) is 17.8. The van der Waals surface area contributed by atoms with Crippen LogP contribution >= 0.6 is 0 Å². The summed E-state index contributed by atoms with van der Waals surface area (Å²) in [7, 11) is 0. The zero-order valence-corrected chi connectivity index (χ0v) is 15.7. The first-order chi connectivity index (χ1) is 13.2. The van der Waals surface area contributed by atoms with Gasteiger partial charge in [0.1, 0.15) is 6.61 Å². The number of hydrogen-bond donors (Lipinski definition) is 0. The molecule has 1 atom stereocenters. The van der Waals surface area contributed by atoms with Crippen molar-refractivity contribution < 1.29 is 14.3 Å². The van der Waals surface area contributed by atoms with Crippen LogP contribution in [0.3, 0.4) is 0 Å². The number of aromatic nitrogens is 3. The zero-order valence-electron chi connectivity index (χ0n) is 15.7. The van der Waals surface area contributed by atoms with E-state index in [1.54, 1.807) is 0 Å². The lowest BCUT2D eigenvalue weighted by Crippen LogP contribution is -2.49. The van der Waals surface area contributed by atoms with Gasteiger partial charge in [-0.15, -0.1) is 5.10 Å². The predicted molar refractivity (Wildman–Crippen MR) is 99.8 cm³/mol. The third-order valence-corrected chi connectivity index (χ3v) is 5.28. The molecule has 0 spiro atoms. The van der Waals surface area contributed by atoms with Crippen LogP contribution in [0.4, 0.5) is 0 Å². The number of aryl methyl sites for hydroxylation is 1. The number of rotatable bonds is 5. The summed E-state index contributed by atoms with van der Waals surface area (Å²) >= 11 is 0. The number of carbonyl (C=O) groups is 1. The van der Waals surface area contributed by atoms with Crippen LogP contribution in [-0.4, -0.2) is 51.6 Å². The Hall–Kier alpha value is -2.57. The highest BCUT2D eigenvalue weighted by Gasteiger charge is 2.33. The fraction of sp³-hybridized carbons (Fsp3) is 0.550. The van der Waals surface area contributed by atoms with Crippen LogP contribution in [0, 0.1) is 0 Å². The van der Waals surface area contributed by atoms with Crippen molar-refractivity contribution in [3.63, 3.8) is 0 Å². The van der Waals surface area contributed by atoms with Gasteiger partial charge in [-0.25, -0.2) is 4.68 Å². The maximum atomic E-state index is 12.8. The first-order valence-corrected chi connectivity index (χ1v) is 9.82. The molecule has 0 radical (unpaired) electrons. The van der Waals surface area contributed by atoms with Crippen molar-refractivity contribution in [1.29, 1.82) is 0 Å². The molecular formula is C20H26N4O3. The number of nitrogens with zero attached hydrogens (tertiary/aromatic N) is 4. The molecule has 0 saturated carbocycles. The van der Waals surface area contributed by atoms with Crippen LogP contribution < -0.4 is 9.47 Å². The second kappa shape index (κ2) is 7.98. The number of piperidine rings is 1. The molecule has 0 N–H and O–H groups in total. The molecule has 0 bridgehead atoms. The summed E-state index contributed by atoms with van der Waals surface area (Å²) in [6.45, 7) is 3.85. The van der Waals surface area contributed by atoms with E-state index < -0.39 is 6.10 Å². The molecule has 0 unspecified atom stereocenters. The van der Waals surface area contributed by atoms with Gasteiger partial charge in [-0.05, 0) is 37.8 Å². The largest absolute Gasteiger partial charge is 0.485 e. The van der Waals surface area contributed by atoms with E-state index in [-0.39, 0.29) is 12.5 Å². The van der Waals surface area contributed by atoms with Crippen LogP contribution in [0.5, 0.6) is 11.5 Å². The highest BCUT2D eigenvalue weighted by Crippen LogP contribution is 2.32. The molecule has 7 heteroatoms. The second-order valence-electron chi connectivity index (χ2n) is 7.21. The standard InChI is InChI=1S/C20H26N4O3/c1-2-3-6-15-13-24(22-21-15)16-9-11-23(12-10-16)20(25)19-14-26-17-7-4-5-8-18(17)27-19/h4-5,7-8,13,16,19H,2-3,6,9-12,14H2,1H3/t19-/m1/s1. The summed E-state index contributed by atoms with van der Waals surface area (Å²) in [5, 5.41) is 8.57. The van der Waals surface area contributed by atoms with Crippen molar-refractivity contribution in [2.24, 2.45) is 0 Å². The van der Waals surface area contributed by atoms with Gasteiger partial charge in [0.15, 0.2) is 11.5 Å². The number of likely N-dealkylation sites (tertiary alicyclic amines) is 1. The molecule has 0 aliphatic carbocycles. The molecule has 2 aromatic rings. The molecule has 2 aliphatic rings. The predicted octanol–water partition coefficient (Wildman–Crippen LogP) is 2.62. The number of ether oxygens (including phenoxy) is 2. The number of carbonyl (C=O) groups excluding carboxylic acids is 1. The quantitative estimate of drug-likeness (QED) is 0.809. The highest BCUT2D eigenvalue weighted by atomic mass is 16.6. The summed E-state index contributed by atoms with van der Waals surface area (Å²) in [6, 6.07) is 7.78. The van der Waals surface area contributed by atoms with E-state index in [4.69, 9.17) is 9.47 Å². The van der Waals surface area contributed by atoms with Crippen LogP contribution in [0.2, 0.25) is 0 Å². The number of fused-ring (bicyclic) bond motifs is 1. The third-order valence-electron chi connectivity index (χ3n) is 5.28. The SMILES string of the molecule is CCCCc1cn(C2CCN(C(=O)[C@H]3COc4ccccc4O3)CC2)nn1. The number of amides is 1. The Morgan fingerprint density at radius 2 is 2.00 bits per heavy atom. The first-order valence-electron chi connectivity index (χ1n) is 9.82. The molecular weight excluding hydrogens is 344 g/mol. The van der Waals surface area contributed by atoms with Crippen molar-refractivity contribution in [3.8, 4) is 11.5 Å². The molecule has 7 nitrogen and oxygen atoms in total. The van der Waals surface area contributed by atoms with Crippen LogP contribution in [0.1, 0.15) is 44.3 Å². The van der Waals surface area contributed by atoms with Crippen molar-refractivity contribution in [2.75, 3.05) is 19.7 Å². The minimum atomic E-state index is -0.566. The summed E-state index contributed by atoms with van der Waals surface area (Å²) < 4.78 is 13.5. The molecule has 144 valence electrons. The summed E-state index contributed by atoms with van der Waals surface area (Å²) in [5.74, 6) is 1.34. The van der Waals surface area contributed by atoms with E-state index in [9.17, 15) is 4.79 Å². The lowest BCUT2D eigenvalue weighted by molar-refractivity contribution is -0.142. The van der Waals surface area contributed by atoms with Gasteiger partial charge in [0.2, 0.25) is 6.10 Å². The van der Waals surface area contributed by atoms with Gasteiger partial charge in [-0.2, -0.15) is 0 Å². The number of unbranched alkanes of at least 4 members (excludes halogenated alkanes) is 1. The molecule has 2 aliphatic heterocycles. The fourth-order valence-corrected chi connectivity index (χ4v) is 3.66. The van der Waals surface area contributed by atoms with Gasteiger partial charge in [0.25, 0.3) is 5.91 Å². The molecule has 1 aromatic carbocycles. The summed E-state index contributed by atoms with van der Waals surface area (Å²) in [5.41, 5.74) is 1.06. The van der Waals surface area contributed by atoms with Crippen molar-refractivity contribution in [3.05, 3.63) is 36.2 Å². The zero-order chi connectivity index (χ0) is 18.6. The topological polar surface area (TPSA) is 69.5 Å². The van der Waals surface area contributed by atoms with E-state index in [0.29, 0.717) is 30.6 Å². The lowest BCUT2D eigenvalue weighted by atomic mass is 10.0. The maximum Gasteiger partial charge on any atom is 0.267 e. The van der Waals surface area contributed by atoms with Gasteiger partial charge in [0.05, 0.1) is 11.7 Å². The van der Waals surface area contributed by atoms with Crippen LogP contribution in [-0.2, 0) is 11.2 Å². The second-order valence-corrected chi connectivity index (χ2v) is 7.21. The molecule has 1 fully saturated rings. The van der Waals surface area contributed by atoms with Gasteiger partial charge < -0.3 is 14.4 Å².